The average Bonchev–Trinajstić information content (AvgIpc) is 2.56. The smallest absolute Gasteiger partial charge is 0.333 e. The van der Waals surface area contributed by atoms with Crippen LogP contribution in [-0.4, -0.2) is 12.6 Å². The Hall–Kier alpha value is -2.55. The second-order valence-electron chi connectivity index (χ2n) is 5.43. The number of unbranched alkanes of at least 4 members (excludes halogenated alkanes) is 1. The van der Waals surface area contributed by atoms with Crippen molar-refractivity contribution >= 4 is 5.97 Å². The molecule has 0 amide bonds. The summed E-state index contributed by atoms with van der Waals surface area (Å²) < 4.78 is 10.8. The van der Waals surface area contributed by atoms with Gasteiger partial charge in [0.1, 0.15) is 11.5 Å². The van der Waals surface area contributed by atoms with Crippen LogP contribution in [0.5, 0.6) is 11.5 Å². The van der Waals surface area contributed by atoms with E-state index in [1.807, 2.05) is 42.5 Å². The molecule has 2 aromatic carbocycles. The normalized spacial score (nSPS) is 10.1. The molecule has 0 aliphatic carbocycles. The summed E-state index contributed by atoms with van der Waals surface area (Å²) in [5.41, 5.74) is 1.69. The third kappa shape index (κ3) is 5.99. The minimum atomic E-state index is -0.313. The van der Waals surface area contributed by atoms with E-state index < -0.39 is 0 Å². The molecule has 0 heterocycles. The number of hydrogen-bond donors (Lipinski definition) is 0. The molecule has 0 saturated heterocycles. The van der Waals surface area contributed by atoms with Gasteiger partial charge in [-0.1, -0.05) is 36.9 Å². The largest absolute Gasteiger partial charge is 0.462 e. The third-order valence-electron chi connectivity index (χ3n) is 3.34. The molecule has 0 N–H and O–H groups in total. The molecule has 0 radical (unpaired) electrons. The molecule has 23 heavy (non-hydrogen) atoms. The summed E-state index contributed by atoms with van der Waals surface area (Å²) in [6.07, 6.45) is 2.78. The first-order valence-corrected chi connectivity index (χ1v) is 7.79. The van der Waals surface area contributed by atoms with Gasteiger partial charge in [-0.05, 0) is 56.0 Å². The van der Waals surface area contributed by atoms with Gasteiger partial charge in [-0.2, -0.15) is 0 Å². The maximum atomic E-state index is 11.2. The topological polar surface area (TPSA) is 35.5 Å². The Balaban J connectivity index is 1.71. The van der Waals surface area contributed by atoms with Crippen molar-refractivity contribution in [1.82, 2.24) is 0 Å². The molecular formula is C20H22O3. The highest BCUT2D eigenvalue weighted by Crippen LogP contribution is 2.21. The SMILES string of the molecule is C=C(C)C(=O)OCCCCc1ccc(Oc2ccccc2)cc1. The van der Waals surface area contributed by atoms with Gasteiger partial charge in [0.25, 0.3) is 0 Å². The van der Waals surface area contributed by atoms with Crippen LogP contribution >= 0.6 is 0 Å². The van der Waals surface area contributed by atoms with Gasteiger partial charge in [-0.3, -0.25) is 0 Å². The summed E-state index contributed by atoms with van der Waals surface area (Å²) in [6.45, 7) is 5.65. The van der Waals surface area contributed by atoms with Crippen LogP contribution in [0.4, 0.5) is 0 Å². The zero-order valence-corrected chi connectivity index (χ0v) is 13.5. The first-order chi connectivity index (χ1) is 11.1. The van der Waals surface area contributed by atoms with E-state index in [-0.39, 0.29) is 5.97 Å². The van der Waals surface area contributed by atoms with Crippen molar-refractivity contribution in [1.29, 1.82) is 0 Å². The summed E-state index contributed by atoms with van der Waals surface area (Å²) in [7, 11) is 0. The van der Waals surface area contributed by atoms with Crippen LogP contribution in [0, 0.1) is 0 Å². The number of carbonyl (C=O) groups is 1. The zero-order chi connectivity index (χ0) is 16.5. The second-order valence-corrected chi connectivity index (χ2v) is 5.43. The summed E-state index contributed by atoms with van der Waals surface area (Å²) >= 11 is 0. The van der Waals surface area contributed by atoms with Crippen LogP contribution in [0.1, 0.15) is 25.3 Å². The van der Waals surface area contributed by atoms with Gasteiger partial charge in [0.05, 0.1) is 6.61 Å². The van der Waals surface area contributed by atoms with Gasteiger partial charge in [0.15, 0.2) is 0 Å². The number of aryl methyl sites for hydroxylation is 1. The van der Waals surface area contributed by atoms with Crippen LogP contribution in [0.3, 0.4) is 0 Å². The first kappa shape index (κ1) is 16.8. The van der Waals surface area contributed by atoms with E-state index in [1.165, 1.54) is 5.56 Å². The summed E-state index contributed by atoms with van der Waals surface area (Å²) in [5, 5.41) is 0. The van der Waals surface area contributed by atoms with Gasteiger partial charge >= 0.3 is 5.97 Å². The lowest BCUT2D eigenvalue weighted by atomic mass is 10.1. The fourth-order valence-electron chi connectivity index (χ4n) is 2.07. The maximum Gasteiger partial charge on any atom is 0.333 e. The van der Waals surface area contributed by atoms with Crippen molar-refractivity contribution in [2.45, 2.75) is 26.2 Å². The zero-order valence-electron chi connectivity index (χ0n) is 13.5. The Morgan fingerprint density at radius 1 is 0.957 bits per heavy atom. The summed E-state index contributed by atoms with van der Waals surface area (Å²) in [5.74, 6) is 1.35. The van der Waals surface area contributed by atoms with Gasteiger partial charge in [0.2, 0.25) is 0 Å². The van der Waals surface area contributed by atoms with E-state index in [2.05, 4.69) is 18.7 Å². The molecule has 0 saturated carbocycles. The van der Waals surface area contributed by atoms with E-state index in [0.29, 0.717) is 12.2 Å². The first-order valence-electron chi connectivity index (χ1n) is 7.79. The lowest BCUT2D eigenvalue weighted by molar-refractivity contribution is -0.139. The molecule has 0 fully saturated rings. The van der Waals surface area contributed by atoms with Crippen LogP contribution < -0.4 is 4.74 Å². The van der Waals surface area contributed by atoms with Gasteiger partial charge in [0, 0.05) is 5.57 Å². The fourth-order valence-corrected chi connectivity index (χ4v) is 2.07. The Morgan fingerprint density at radius 2 is 1.61 bits per heavy atom. The molecule has 0 bridgehead atoms. The molecule has 0 aliphatic heterocycles. The van der Waals surface area contributed by atoms with Gasteiger partial charge < -0.3 is 9.47 Å². The number of para-hydroxylation sites is 1. The van der Waals surface area contributed by atoms with Crippen molar-refractivity contribution in [3.05, 3.63) is 72.3 Å². The highest BCUT2D eigenvalue weighted by Gasteiger charge is 2.02. The van der Waals surface area contributed by atoms with Crippen LogP contribution in [0.15, 0.2) is 66.7 Å². The van der Waals surface area contributed by atoms with E-state index in [0.717, 1.165) is 30.8 Å². The minimum Gasteiger partial charge on any atom is -0.462 e. The number of carbonyl (C=O) groups excluding carboxylic acids is 1. The predicted molar refractivity (Wildman–Crippen MR) is 91.7 cm³/mol. The summed E-state index contributed by atoms with van der Waals surface area (Å²) in [4.78, 5) is 11.2. The third-order valence-corrected chi connectivity index (χ3v) is 3.34. The molecular weight excluding hydrogens is 288 g/mol. The predicted octanol–water partition coefficient (Wildman–Crippen LogP) is 4.92. The molecule has 0 aromatic heterocycles. The number of hydrogen-bond acceptors (Lipinski definition) is 3. The minimum absolute atomic E-state index is 0.313. The van der Waals surface area contributed by atoms with E-state index >= 15 is 0 Å². The highest BCUT2D eigenvalue weighted by atomic mass is 16.5. The Labute approximate surface area is 137 Å². The Bertz CT molecular complexity index is 630. The molecule has 2 rings (SSSR count). The highest BCUT2D eigenvalue weighted by molar-refractivity contribution is 5.86. The lowest BCUT2D eigenvalue weighted by Gasteiger charge is -2.07. The lowest BCUT2D eigenvalue weighted by Crippen LogP contribution is -2.06. The number of ether oxygens (including phenoxy) is 2. The van der Waals surface area contributed by atoms with Crippen LogP contribution in [-0.2, 0) is 16.0 Å². The van der Waals surface area contributed by atoms with Crippen LogP contribution in [0.2, 0.25) is 0 Å². The number of rotatable bonds is 8. The molecule has 3 nitrogen and oxygen atoms in total. The van der Waals surface area contributed by atoms with Crippen molar-refractivity contribution in [2.24, 2.45) is 0 Å². The van der Waals surface area contributed by atoms with E-state index in [1.54, 1.807) is 6.92 Å². The van der Waals surface area contributed by atoms with Gasteiger partial charge in [-0.15, -0.1) is 0 Å². The van der Waals surface area contributed by atoms with Gasteiger partial charge in [-0.25, -0.2) is 4.79 Å². The quantitative estimate of drug-likeness (QED) is 0.394. The van der Waals surface area contributed by atoms with Crippen molar-refractivity contribution in [3.63, 3.8) is 0 Å². The molecule has 0 unspecified atom stereocenters. The maximum absolute atomic E-state index is 11.2. The molecule has 3 heteroatoms. The fraction of sp³-hybridized carbons (Fsp3) is 0.250. The van der Waals surface area contributed by atoms with Crippen molar-refractivity contribution < 1.29 is 14.3 Å². The van der Waals surface area contributed by atoms with E-state index in [4.69, 9.17) is 9.47 Å². The molecule has 0 atom stereocenters. The monoisotopic (exact) mass is 310 g/mol. The number of benzene rings is 2. The van der Waals surface area contributed by atoms with Crippen molar-refractivity contribution in [2.75, 3.05) is 6.61 Å². The molecule has 2 aromatic rings. The Morgan fingerprint density at radius 3 is 2.26 bits per heavy atom. The van der Waals surface area contributed by atoms with E-state index in [9.17, 15) is 4.79 Å². The summed E-state index contributed by atoms with van der Waals surface area (Å²) in [6, 6.07) is 17.8. The molecule has 0 aliphatic rings. The average molecular weight is 310 g/mol. The Kier molecular flexibility index (Phi) is 6.42. The number of esters is 1. The van der Waals surface area contributed by atoms with Crippen molar-refractivity contribution in [3.8, 4) is 11.5 Å². The molecule has 0 spiro atoms. The van der Waals surface area contributed by atoms with Crippen LogP contribution in [0.25, 0.3) is 0 Å². The second kappa shape index (κ2) is 8.79. The molecule has 120 valence electrons. The standard InChI is InChI=1S/C20H22O3/c1-16(2)20(21)22-15-7-6-8-17-11-13-19(14-12-17)23-18-9-4-3-5-10-18/h3-5,9-14H,1,6-8,15H2,2H3.